The number of aliphatic hydroxyl groups is 3. The van der Waals surface area contributed by atoms with Crippen LogP contribution in [0.1, 0.15) is 65.7 Å². The van der Waals surface area contributed by atoms with Gasteiger partial charge in [-0.3, -0.25) is 0 Å². The fourth-order valence-electron chi connectivity index (χ4n) is 4.85. The van der Waals surface area contributed by atoms with Crippen LogP contribution in [0, 0.1) is 28.6 Å². The van der Waals surface area contributed by atoms with Gasteiger partial charge in [0.05, 0.1) is 12.2 Å². The topological polar surface area (TPSA) is 60.7 Å². The van der Waals surface area contributed by atoms with Crippen molar-refractivity contribution in [2.75, 3.05) is 0 Å². The molecular weight excluding hydrogens is 450 g/mol. The molecule has 0 aromatic heterocycles. The zero-order valence-electron chi connectivity index (χ0n) is 19.0. The van der Waals surface area contributed by atoms with Crippen LogP contribution in [0.15, 0.2) is 23.8 Å². The van der Waals surface area contributed by atoms with Gasteiger partial charge in [0.15, 0.2) is 0 Å². The molecule has 2 fully saturated rings. The number of halogens is 6. The summed E-state index contributed by atoms with van der Waals surface area (Å²) in [5.74, 6) is 3.08. The molecule has 0 aliphatic heterocycles. The van der Waals surface area contributed by atoms with E-state index in [1.165, 1.54) is 0 Å². The van der Waals surface area contributed by atoms with Crippen LogP contribution in [-0.4, -0.2) is 45.5 Å². The Balaban J connectivity index is 2.06. The van der Waals surface area contributed by atoms with E-state index in [0.717, 1.165) is 24.3 Å². The Hall–Kier alpha value is -1.50. The first-order chi connectivity index (χ1) is 14.9. The number of aliphatic hydroxyl groups excluding tert-OH is 2. The van der Waals surface area contributed by atoms with Gasteiger partial charge in [0.2, 0.25) is 0 Å². The standard InChI is InChI=1S/C24H32F6O3/c1-20(2)17(8-6-7-16-13-18(31)15-19(32)14-16)9-12-21(20,3)10-4-5-11-22(33,23(25,26)27)24(28,29)30/h6-8,17-19,31-33H,4,9-10,12-15H2,1-3H3/b8-6+/t17-,18-,19-,21+/m1/s1. The summed E-state index contributed by atoms with van der Waals surface area (Å²) in [5, 5.41) is 28.7. The third-order valence-electron chi connectivity index (χ3n) is 7.60. The second-order valence-electron chi connectivity index (χ2n) is 10.1. The lowest BCUT2D eigenvalue weighted by Gasteiger charge is -2.41. The van der Waals surface area contributed by atoms with Crippen LogP contribution in [0.2, 0.25) is 0 Å². The smallest absolute Gasteiger partial charge is 0.393 e. The average Bonchev–Trinajstić information content (AvgIpc) is 2.86. The predicted octanol–water partition coefficient (Wildman–Crippen LogP) is 5.46. The van der Waals surface area contributed by atoms with Gasteiger partial charge >= 0.3 is 18.0 Å². The lowest BCUT2D eigenvalue weighted by atomic mass is 9.63. The number of hydrogen-bond acceptors (Lipinski definition) is 3. The van der Waals surface area contributed by atoms with Crippen molar-refractivity contribution in [3.05, 3.63) is 23.8 Å². The molecule has 0 bridgehead atoms. The SMILES string of the molecule is CC1(C)[C@H](/C=C/C=C2C[C@@H](O)C[C@H](O)C2)CC[C@]1(C)CCC#CC(O)(C(F)(F)F)C(F)(F)F. The molecule has 4 atom stereocenters. The van der Waals surface area contributed by atoms with E-state index in [1.807, 2.05) is 44.9 Å². The Kier molecular flexibility index (Phi) is 8.10. The molecule has 2 rings (SSSR count). The van der Waals surface area contributed by atoms with Gasteiger partial charge in [-0.2, -0.15) is 26.3 Å². The maximum absolute atomic E-state index is 12.8. The van der Waals surface area contributed by atoms with Crippen molar-refractivity contribution in [1.29, 1.82) is 0 Å². The van der Waals surface area contributed by atoms with Crippen LogP contribution < -0.4 is 0 Å². The molecule has 0 saturated heterocycles. The zero-order chi connectivity index (χ0) is 25.3. The van der Waals surface area contributed by atoms with Gasteiger partial charge in [-0.25, -0.2) is 0 Å². The summed E-state index contributed by atoms with van der Waals surface area (Å²) in [4.78, 5) is 0. The highest BCUT2D eigenvalue weighted by molar-refractivity contribution is 5.22. The molecule has 33 heavy (non-hydrogen) atoms. The molecule has 0 radical (unpaired) electrons. The number of hydrogen-bond donors (Lipinski definition) is 3. The lowest BCUT2D eigenvalue weighted by molar-refractivity contribution is -0.343. The van der Waals surface area contributed by atoms with Crippen molar-refractivity contribution in [3.63, 3.8) is 0 Å². The molecule has 0 heterocycles. The van der Waals surface area contributed by atoms with Gasteiger partial charge in [0, 0.05) is 6.42 Å². The van der Waals surface area contributed by atoms with Gasteiger partial charge in [0.1, 0.15) is 0 Å². The quantitative estimate of drug-likeness (QED) is 0.369. The van der Waals surface area contributed by atoms with E-state index in [9.17, 15) is 36.6 Å². The molecule has 0 amide bonds. The van der Waals surface area contributed by atoms with Crippen molar-refractivity contribution in [2.24, 2.45) is 16.7 Å². The Labute approximate surface area is 190 Å². The fraction of sp³-hybridized carbons (Fsp3) is 0.750. The van der Waals surface area contributed by atoms with E-state index in [-0.39, 0.29) is 23.2 Å². The van der Waals surface area contributed by atoms with Crippen LogP contribution in [0.4, 0.5) is 26.3 Å². The first-order valence-corrected chi connectivity index (χ1v) is 11.0. The highest BCUT2D eigenvalue weighted by atomic mass is 19.4. The molecule has 2 aliphatic rings. The average molecular weight is 483 g/mol. The van der Waals surface area contributed by atoms with E-state index in [1.54, 1.807) is 0 Å². The van der Waals surface area contributed by atoms with Gasteiger partial charge in [0.25, 0.3) is 0 Å². The number of allylic oxidation sites excluding steroid dienone is 3. The maximum Gasteiger partial charge on any atom is 0.438 e. The number of rotatable bonds is 4. The Morgan fingerprint density at radius 3 is 2.06 bits per heavy atom. The highest BCUT2D eigenvalue weighted by Gasteiger charge is 2.70. The van der Waals surface area contributed by atoms with Crippen molar-refractivity contribution in [2.45, 2.75) is 95.9 Å². The molecule has 0 aromatic rings. The fourth-order valence-corrected chi connectivity index (χ4v) is 4.85. The first-order valence-electron chi connectivity index (χ1n) is 11.0. The summed E-state index contributed by atoms with van der Waals surface area (Å²) in [7, 11) is 0. The monoisotopic (exact) mass is 482 g/mol. The Morgan fingerprint density at radius 2 is 1.55 bits per heavy atom. The molecule has 9 heteroatoms. The third-order valence-corrected chi connectivity index (χ3v) is 7.60. The van der Waals surface area contributed by atoms with Crippen LogP contribution in [0.3, 0.4) is 0 Å². The Bertz CT molecular complexity index is 789. The molecule has 188 valence electrons. The van der Waals surface area contributed by atoms with Crippen LogP contribution >= 0.6 is 0 Å². The van der Waals surface area contributed by atoms with Gasteiger partial charge in [-0.1, -0.05) is 50.5 Å². The molecule has 3 nitrogen and oxygen atoms in total. The minimum Gasteiger partial charge on any atom is -0.393 e. The van der Waals surface area contributed by atoms with Crippen LogP contribution in [-0.2, 0) is 0 Å². The van der Waals surface area contributed by atoms with Crippen LogP contribution in [0.25, 0.3) is 0 Å². The minimum absolute atomic E-state index is 0.132. The first kappa shape index (κ1) is 27.7. The lowest BCUT2D eigenvalue weighted by Crippen LogP contribution is -2.55. The summed E-state index contributed by atoms with van der Waals surface area (Å²) < 4.78 is 76.6. The normalized spacial score (nSPS) is 30.9. The maximum atomic E-state index is 12.8. The van der Waals surface area contributed by atoms with Gasteiger partial charge in [-0.15, -0.1) is 0 Å². The van der Waals surface area contributed by atoms with E-state index in [2.05, 4.69) is 0 Å². The predicted molar refractivity (Wildman–Crippen MR) is 112 cm³/mol. The summed E-state index contributed by atoms with van der Waals surface area (Å²) in [6.45, 7) is 5.99. The summed E-state index contributed by atoms with van der Waals surface area (Å²) in [5.41, 5.74) is -4.74. The molecule has 0 unspecified atom stereocenters. The van der Waals surface area contributed by atoms with Gasteiger partial charge < -0.3 is 15.3 Å². The minimum atomic E-state index is -5.94. The summed E-state index contributed by atoms with van der Waals surface area (Å²) in [6, 6.07) is 0. The van der Waals surface area contributed by atoms with E-state index in [4.69, 9.17) is 5.11 Å². The molecule has 3 N–H and O–H groups in total. The third kappa shape index (κ3) is 5.95. The molecule has 2 saturated carbocycles. The van der Waals surface area contributed by atoms with Crippen molar-refractivity contribution in [3.8, 4) is 11.8 Å². The zero-order valence-corrected chi connectivity index (χ0v) is 19.0. The molecule has 2 aliphatic carbocycles. The van der Waals surface area contributed by atoms with Crippen molar-refractivity contribution >= 4 is 0 Å². The summed E-state index contributed by atoms with van der Waals surface area (Å²) in [6.07, 6.45) is -4.19. The second-order valence-corrected chi connectivity index (χ2v) is 10.1. The van der Waals surface area contributed by atoms with E-state index >= 15 is 0 Å². The van der Waals surface area contributed by atoms with Crippen LogP contribution in [0.5, 0.6) is 0 Å². The molecule has 0 spiro atoms. The molecule has 0 aromatic carbocycles. The largest absolute Gasteiger partial charge is 0.438 e. The van der Waals surface area contributed by atoms with Gasteiger partial charge in [-0.05, 0) is 61.2 Å². The molecular formula is C24H32F6O3. The number of alkyl halides is 6. The van der Waals surface area contributed by atoms with E-state index < -0.39 is 30.2 Å². The van der Waals surface area contributed by atoms with Crippen molar-refractivity contribution < 1.29 is 41.7 Å². The summed E-state index contributed by atoms with van der Waals surface area (Å²) >= 11 is 0. The second kappa shape index (κ2) is 9.63. The van der Waals surface area contributed by atoms with E-state index in [0.29, 0.717) is 25.7 Å². The van der Waals surface area contributed by atoms with Crippen molar-refractivity contribution in [1.82, 2.24) is 0 Å². The Morgan fingerprint density at radius 1 is 1.00 bits per heavy atom. The highest BCUT2D eigenvalue weighted by Crippen LogP contribution is 2.58.